The third-order valence-corrected chi connectivity index (χ3v) is 3.99. The second kappa shape index (κ2) is 10.6. The van der Waals surface area contributed by atoms with Gasteiger partial charge in [0, 0.05) is 27.2 Å². The topological polar surface area (TPSA) is 57.2 Å². The molecule has 0 fully saturated rings. The molecule has 140 valence electrons. The number of ether oxygens (including phenoxy) is 1. The van der Waals surface area contributed by atoms with Crippen molar-refractivity contribution in [2.24, 2.45) is 4.99 Å². The third-order valence-electron chi connectivity index (χ3n) is 3.99. The number of aryl methyl sites for hydroxylation is 1. The van der Waals surface area contributed by atoms with Gasteiger partial charge in [-0.2, -0.15) is 0 Å². The summed E-state index contributed by atoms with van der Waals surface area (Å²) in [7, 11) is 5.42. The first-order valence-corrected chi connectivity index (χ1v) is 8.75. The number of rotatable bonds is 8. The maximum absolute atomic E-state index is 11.8. The van der Waals surface area contributed by atoms with E-state index in [4.69, 9.17) is 4.74 Å². The molecule has 1 atom stereocenters. The molecule has 0 spiro atoms. The Labute approximate surface area is 151 Å². The quantitative estimate of drug-likeness (QED) is 0.578. The number of carbonyl (C=O) groups excluding carboxylic acids is 1. The molecule has 0 aliphatic heterocycles. The van der Waals surface area contributed by atoms with Gasteiger partial charge >= 0.3 is 0 Å². The van der Waals surface area contributed by atoms with E-state index in [1.54, 1.807) is 19.0 Å². The van der Waals surface area contributed by atoms with Crippen molar-refractivity contribution in [3.63, 3.8) is 0 Å². The van der Waals surface area contributed by atoms with E-state index in [0.29, 0.717) is 13.2 Å². The highest BCUT2D eigenvalue weighted by molar-refractivity contribution is 5.84. The molecule has 1 rings (SSSR count). The normalized spacial score (nSPS) is 12.5. The molecule has 1 unspecified atom stereocenters. The van der Waals surface area contributed by atoms with E-state index in [1.165, 1.54) is 0 Å². The van der Waals surface area contributed by atoms with Gasteiger partial charge < -0.3 is 19.9 Å². The number of benzene rings is 1. The Bertz CT molecular complexity index is 572. The van der Waals surface area contributed by atoms with Crippen molar-refractivity contribution in [1.82, 2.24) is 15.1 Å². The average molecular weight is 348 g/mol. The van der Waals surface area contributed by atoms with Gasteiger partial charge in [-0.05, 0) is 31.9 Å². The Morgan fingerprint density at radius 3 is 2.56 bits per heavy atom. The highest BCUT2D eigenvalue weighted by Crippen LogP contribution is 2.15. The smallest absolute Gasteiger partial charge is 0.243 e. The summed E-state index contributed by atoms with van der Waals surface area (Å²) in [5, 5.41) is 3.37. The predicted molar refractivity (Wildman–Crippen MR) is 103 cm³/mol. The van der Waals surface area contributed by atoms with E-state index in [2.05, 4.69) is 24.2 Å². The summed E-state index contributed by atoms with van der Waals surface area (Å²) in [4.78, 5) is 19.8. The first-order chi connectivity index (χ1) is 11.8. The summed E-state index contributed by atoms with van der Waals surface area (Å²) in [5.41, 5.74) is 1.12. The summed E-state index contributed by atoms with van der Waals surface area (Å²) in [5.74, 6) is 1.60. The molecular weight excluding hydrogens is 316 g/mol. The van der Waals surface area contributed by atoms with Gasteiger partial charge in [0.1, 0.15) is 18.9 Å². The minimum absolute atomic E-state index is 0.0204. The maximum atomic E-state index is 11.8. The van der Waals surface area contributed by atoms with Crippen LogP contribution in [0.4, 0.5) is 0 Å². The molecule has 1 N–H and O–H groups in total. The van der Waals surface area contributed by atoms with Crippen LogP contribution in [0.1, 0.15) is 25.8 Å². The fourth-order valence-corrected chi connectivity index (χ4v) is 2.00. The highest BCUT2D eigenvalue weighted by Gasteiger charge is 2.11. The number of likely N-dealkylation sites (N-methyl/N-ethyl adjacent to an activating group) is 2. The first kappa shape index (κ1) is 20.8. The molecule has 6 nitrogen and oxygen atoms in total. The van der Waals surface area contributed by atoms with Crippen molar-refractivity contribution in [1.29, 1.82) is 0 Å². The van der Waals surface area contributed by atoms with Crippen LogP contribution in [0.3, 0.4) is 0 Å². The van der Waals surface area contributed by atoms with E-state index in [0.717, 1.165) is 23.7 Å². The van der Waals surface area contributed by atoms with Crippen LogP contribution >= 0.6 is 0 Å². The number of para-hydroxylation sites is 1. The molecular formula is C19H32N4O2. The number of nitrogens with zero attached hydrogens (tertiary/aromatic N) is 3. The van der Waals surface area contributed by atoms with Gasteiger partial charge in [-0.15, -0.1) is 0 Å². The van der Waals surface area contributed by atoms with Crippen LogP contribution in [0.15, 0.2) is 29.3 Å². The standard InChI is InChI=1S/C19H32N4O2/c1-7-16(3)21-19(20-14-18(24)22(4)5)23(6)12-13-25-17-11-9-8-10-15(17)2/h8-11,16H,7,12-14H2,1-6H3,(H,20,21). The lowest BCUT2D eigenvalue weighted by atomic mass is 10.2. The van der Waals surface area contributed by atoms with Crippen LogP contribution in [-0.4, -0.2) is 68.5 Å². The fraction of sp³-hybridized carbons (Fsp3) is 0.579. The minimum Gasteiger partial charge on any atom is -0.491 e. The van der Waals surface area contributed by atoms with Gasteiger partial charge in [0.25, 0.3) is 0 Å². The Hall–Kier alpha value is -2.24. The summed E-state index contributed by atoms with van der Waals surface area (Å²) in [6.07, 6.45) is 0.980. The number of carbonyl (C=O) groups is 1. The van der Waals surface area contributed by atoms with Crippen molar-refractivity contribution in [3.05, 3.63) is 29.8 Å². The predicted octanol–water partition coefficient (Wildman–Crippen LogP) is 2.14. The number of amides is 1. The van der Waals surface area contributed by atoms with Crippen LogP contribution in [0.2, 0.25) is 0 Å². The van der Waals surface area contributed by atoms with Crippen LogP contribution in [0.25, 0.3) is 0 Å². The summed E-state index contributed by atoms with van der Waals surface area (Å²) >= 11 is 0. The van der Waals surface area contributed by atoms with Crippen LogP contribution in [0.5, 0.6) is 5.75 Å². The van der Waals surface area contributed by atoms with Gasteiger partial charge in [0.2, 0.25) is 5.91 Å². The monoisotopic (exact) mass is 348 g/mol. The zero-order valence-electron chi connectivity index (χ0n) is 16.4. The van der Waals surface area contributed by atoms with Gasteiger partial charge in [-0.25, -0.2) is 4.99 Å². The molecule has 25 heavy (non-hydrogen) atoms. The van der Waals surface area contributed by atoms with E-state index in [-0.39, 0.29) is 18.5 Å². The molecule has 0 aliphatic carbocycles. The second-order valence-corrected chi connectivity index (χ2v) is 6.42. The molecule has 0 radical (unpaired) electrons. The zero-order valence-corrected chi connectivity index (χ0v) is 16.4. The number of nitrogens with one attached hydrogen (secondary N) is 1. The van der Waals surface area contributed by atoms with Crippen molar-refractivity contribution in [2.45, 2.75) is 33.2 Å². The Balaban J connectivity index is 2.64. The number of hydrogen-bond donors (Lipinski definition) is 1. The van der Waals surface area contributed by atoms with E-state index in [1.807, 2.05) is 43.1 Å². The van der Waals surface area contributed by atoms with Crippen molar-refractivity contribution < 1.29 is 9.53 Å². The zero-order chi connectivity index (χ0) is 18.8. The maximum Gasteiger partial charge on any atom is 0.243 e. The van der Waals surface area contributed by atoms with Crippen LogP contribution < -0.4 is 10.1 Å². The lowest BCUT2D eigenvalue weighted by molar-refractivity contribution is -0.127. The molecule has 0 saturated carbocycles. The summed E-state index contributed by atoms with van der Waals surface area (Å²) in [6, 6.07) is 8.25. The minimum atomic E-state index is -0.0204. The summed E-state index contributed by atoms with van der Waals surface area (Å²) < 4.78 is 5.85. The average Bonchev–Trinajstić information content (AvgIpc) is 2.59. The van der Waals surface area contributed by atoms with Gasteiger partial charge in [-0.3, -0.25) is 4.79 Å². The molecule has 0 heterocycles. The van der Waals surface area contributed by atoms with E-state index >= 15 is 0 Å². The van der Waals surface area contributed by atoms with Crippen LogP contribution in [0, 0.1) is 6.92 Å². The molecule has 1 aromatic carbocycles. The number of aliphatic imine (C=N–C) groups is 1. The number of guanidine groups is 1. The molecule has 1 aromatic rings. The fourth-order valence-electron chi connectivity index (χ4n) is 2.00. The highest BCUT2D eigenvalue weighted by atomic mass is 16.5. The number of hydrogen-bond acceptors (Lipinski definition) is 3. The lowest BCUT2D eigenvalue weighted by Gasteiger charge is -2.25. The van der Waals surface area contributed by atoms with Gasteiger partial charge in [-0.1, -0.05) is 25.1 Å². The Kier molecular flexibility index (Phi) is 8.81. The largest absolute Gasteiger partial charge is 0.491 e. The van der Waals surface area contributed by atoms with Crippen LogP contribution in [-0.2, 0) is 4.79 Å². The Morgan fingerprint density at radius 1 is 1.28 bits per heavy atom. The lowest BCUT2D eigenvalue weighted by Crippen LogP contribution is -2.45. The Morgan fingerprint density at radius 2 is 1.96 bits per heavy atom. The van der Waals surface area contributed by atoms with Gasteiger partial charge in [0.15, 0.2) is 5.96 Å². The van der Waals surface area contributed by atoms with Gasteiger partial charge in [0.05, 0.1) is 6.54 Å². The third kappa shape index (κ3) is 7.45. The molecule has 6 heteroatoms. The van der Waals surface area contributed by atoms with Crippen molar-refractivity contribution in [2.75, 3.05) is 40.8 Å². The first-order valence-electron chi connectivity index (χ1n) is 8.75. The molecule has 0 aromatic heterocycles. The van der Waals surface area contributed by atoms with E-state index in [9.17, 15) is 4.79 Å². The van der Waals surface area contributed by atoms with E-state index < -0.39 is 0 Å². The second-order valence-electron chi connectivity index (χ2n) is 6.42. The molecule has 1 amide bonds. The van der Waals surface area contributed by atoms with Crippen molar-refractivity contribution >= 4 is 11.9 Å². The molecule has 0 saturated heterocycles. The van der Waals surface area contributed by atoms with Crippen molar-refractivity contribution in [3.8, 4) is 5.75 Å². The molecule has 0 bridgehead atoms. The SMILES string of the molecule is CCC(C)NC(=NCC(=O)N(C)C)N(C)CCOc1ccccc1C. The molecule has 0 aliphatic rings. The summed E-state index contributed by atoms with van der Waals surface area (Å²) in [6.45, 7) is 7.59.